The molecule has 8 heteroatoms. The van der Waals surface area contributed by atoms with Gasteiger partial charge in [-0.2, -0.15) is 0 Å². The Labute approximate surface area is 228 Å². The van der Waals surface area contributed by atoms with Gasteiger partial charge in [0.15, 0.2) is 0 Å². The van der Waals surface area contributed by atoms with Gasteiger partial charge in [0.1, 0.15) is 18.1 Å². The number of carbonyl (C=O) groups excluding carboxylic acids is 2. The quantitative estimate of drug-likeness (QED) is 0.254. The van der Waals surface area contributed by atoms with Crippen LogP contribution in [0, 0.1) is 6.92 Å². The van der Waals surface area contributed by atoms with Crippen LogP contribution >= 0.6 is 0 Å². The number of rotatable bonds is 9. The largest absolute Gasteiger partial charge is 0.507 e. The number of likely N-dealkylation sites (tertiary alicyclic amines) is 1. The van der Waals surface area contributed by atoms with E-state index < -0.39 is 17.7 Å². The summed E-state index contributed by atoms with van der Waals surface area (Å²) in [6, 6.07) is 17.9. The lowest BCUT2D eigenvalue weighted by atomic mass is 9.96. The number of aromatic nitrogens is 1. The Morgan fingerprint density at radius 1 is 1.03 bits per heavy atom. The molecular formula is C31H33N3O5. The summed E-state index contributed by atoms with van der Waals surface area (Å²) in [5.74, 6) is -0.836. The van der Waals surface area contributed by atoms with E-state index in [-0.39, 0.29) is 11.3 Å². The van der Waals surface area contributed by atoms with E-state index in [9.17, 15) is 14.7 Å². The van der Waals surface area contributed by atoms with Gasteiger partial charge in [-0.25, -0.2) is 0 Å². The number of nitrogens with zero attached hydrogens (tertiary/aromatic N) is 3. The Hall–Kier alpha value is -4.01. The summed E-state index contributed by atoms with van der Waals surface area (Å²) in [5, 5.41) is 11.3. The van der Waals surface area contributed by atoms with Crippen molar-refractivity contribution in [2.75, 3.05) is 39.4 Å². The Morgan fingerprint density at radius 2 is 1.77 bits per heavy atom. The van der Waals surface area contributed by atoms with Crippen LogP contribution in [0.25, 0.3) is 5.76 Å². The summed E-state index contributed by atoms with van der Waals surface area (Å²) in [6.45, 7) is 6.79. The molecule has 2 aliphatic heterocycles. The monoisotopic (exact) mass is 527 g/mol. The van der Waals surface area contributed by atoms with Crippen molar-refractivity contribution in [2.24, 2.45) is 0 Å². The molecular weight excluding hydrogens is 494 g/mol. The normalized spacial score (nSPS) is 19.4. The van der Waals surface area contributed by atoms with Crippen molar-refractivity contribution in [3.05, 3.63) is 101 Å². The summed E-state index contributed by atoms with van der Waals surface area (Å²) in [6.07, 6.45) is 3.97. The lowest BCUT2D eigenvalue weighted by Gasteiger charge is -2.29. The number of morpholine rings is 1. The van der Waals surface area contributed by atoms with Gasteiger partial charge in [0.2, 0.25) is 0 Å². The fourth-order valence-electron chi connectivity index (χ4n) is 5.13. The van der Waals surface area contributed by atoms with Gasteiger partial charge >= 0.3 is 0 Å². The van der Waals surface area contributed by atoms with E-state index in [4.69, 9.17) is 9.47 Å². The van der Waals surface area contributed by atoms with Crippen LogP contribution in [0.1, 0.15) is 34.7 Å². The summed E-state index contributed by atoms with van der Waals surface area (Å²) in [5.41, 5.74) is 3.50. The summed E-state index contributed by atoms with van der Waals surface area (Å²) < 4.78 is 11.3. The molecule has 0 spiro atoms. The van der Waals surface area contributed by atoms with Crippen LogP contribution in [-0.2, 0) is 20.9 Å². The van der Waals surface area contributed by atoms with E-state index in [2.05, 4.69) is 16.0 Å². The second-order valence-corrected chi connectivity index (χ2v) is 9.88. The van der Waals surface area contributed by atoms with Gasteiger partial charge in [0, 0.05) is 44.1 Å². The molecule has 5 rings (SSSR count). The Morgan fingerprint density at radius 3 is 2.49 bits per heavy atom. The van der Waals surface area contributed by atoms with Crippen molar-refractivity contribution in [1.82, 2.24) is 14.8 Å². The van der Waals surface area contributed by atoms with Gasteiger partial charge in [0.25, 0.3) is 11.7 Å². The molecule has 2 fully saturated rings. The fraction of sp³-hybridized carbons (Fsp3) is 0.323. The number of benzene rings is 2. The zero-order valence-electron chi connectivity index (χ0n) is 22.1. The highest BCUT2D eigenvalue weighted by Crippen LogP contribution is 2.39. The predicted octanol–water partition coefficient (Wildman–Crippen LogP) is 4.11. The van der Waals surface area contributed by atoms with Gasteiger partial charge < -0.3 is 19.5 Å². The van der Waals surface area contributed by atoms with E-state index in [1.54, 1.807) is 53.7 Å². The van der Waals surface area contributed by atoms with Crippen molar-refractivity contribution in [1.29, 1.82) is 0 Å². The van der Waals surface area contributed by atoms with Gasteiger partial charge in [-0.05, 0) is 60.9 Å². The highest BCUT2D eigenvalue weighted by atomic mass is 16.5. The predicted molar refractivity (Wildman–Crippen MR) is 147 cm³/mol. The third-order valence-electron chi connectivity index (χ3n) is 7.15. The van der Waals surface area contributed by atoms with Crippen LogP contribution in [0.15, 0.2) is 78.6 Å². The first-order valence-corrected chi connectivity index (χ1v) is 13.3. The number of pyridine rings is 1. The number of aryl methyl sites for hydroxylation is 1. The molecule has 0 radical (unpaired) electrons. The maximum atomic E-state index is 13.3. The lowest BCUT2D eigenvalue weighted by molar-refractivity contribution is -0.140. The first-order chi connectivity index (χ1) is 19.0. The van der Waals surface area contributed by atoms with E-state index in [1.165, 1.54) is 0 Å². The highest BCUT2D eigenvalue weighted by molar-refractivity contribution is 6.46. The number of amides is 1. The molecule has 3 heterocycles. The average molecular weight is 528 g/mol. The van der Waals surface area contributed by atoms with Crippen molar-refractivity contribution >= 4 is 17.4 Å². The summed E-state index contributed by atoms with van der Waals surface area (Å²) in [4.78, 5) is 34.4. The van der Waals surface area contributed by atoms with Crippen LogP contribution < -0.4 is 4.74 Å². The molecule has 2 aromatic carbocycles. The Balaban J connectivity index is 1.36. The number of carbonyl (C=O) groups is 2. The zero-order chi connectivity index (χ0) is 27.2. The van der Waals surface area contributed by atoms with E-state index >= 15 is 0 Å². The van der Waals surface area contributed by atoms with Crippen LogP contribution in [0.5, 0.6) is 5.75 Å². The minimum atomic E-state index is -0.685. The molecule has 0 bridgehead atoms. The van der Waals surface area contributed by atoms with Crippen LogP contribution in [0.3, 0.4) is 0 Å². The van der Waals surface area contributed by atoms with Crippen molar-refractivity contribution in [3.8, 4) is 5.75 Å². The standard InChI is InChI=1S/C31H33N3O5/c1-22-4-2-5-23(20-22)21-39-26-8-6-25(7-9-26)29(35)27-28(24-10-12-32-13-11-24)34(31(37)30(27)36)15-3-14-33-16-18-38-19-17-33/h2,4-13,20,28,35H,3,14-19,21H2,1H3/t28-/m1/s1. The first-order valence-electron chi connectivity index (χ1n) is 13.3. The van der Waals surface area contributed by atoms with E-state index in [0.717, 1.165) is 36.3 Å². The Kier molecular flexibility index (Phi) is 8.34. The van der Waals surface area contributed by atoms with Gasteiger partial charge in [-0.15, -0.1) is 0 Å². The molecule has 1 aromatic heterocycles. The smallest absolute Gasteiger partial charge is 0.295 e. The lowest BCUT2D eigenvalue weighted by Crippen LogP contribution is -2.38. The van der Waals surface area contributed by atoms with Gasteiger partial charge in [-0.1, -0.05) is 29.8 Å². The number of hydrogen-bond donors (Lipinski definition) is 1. The number of Topliss-reactive ketones (excluding diaryl/α,β-unsaturated/α-hetero) is 1. The molecule has 39 heavy (non-hydrogen) atoms. The number of aliphatic hydroxyl groups excluding tert-OH is 1. The molecule has 1 amide bonds. The molecule has 1 atom stereocenters. The van der Waals surface area contributed by atoms with Crippen molar-refractivity contribution < 1.29 is 24.2 Å². The van der Waals surface area contributed by atoms with Crippen LogP contribution in [-0.4, -0.2) is 71.0 Å². The first kappa shape index (κ1) is 26.6. The van der Waals surface area contributed by atoms with Crippen molar-refractivity contribution in [3.63, 3.8) is 0 Å². The molecule has 0 aliphatic carbocycles. The Bertz CT molecular complexity index is 1330. The molecule has 3 aromatic rings. The molecule has 0 unspecified atom stereocenters. The van der Waals surface area contributed by atoms with Crippen LogP contribution in [0.2, 0.25) is 0 Å². The second-order valence-electron chi connectivity index (χ2n) is 9.88. The highest BCUT2D eigenvalue weighted by Gasteiger charge is 2.45. The number of aliphatic hydroxyl groups is 1. The third kappa shape index (κ3) is 6.19. The molecule has 2 saturated heterocycles. The molecule has 0 saturated carbocycles. The summed E-state index contributed by atoms with van der Waals surface area (Å²) in [7, 11) is 0. The maximum absolute atomic E-state index is 13.3. The SMILES string of the molecule is Cc1cccc(COc2ccc(C(O)=C3C(=O)C(=O)N(CCCN4CCOCC4)[C@@H]3c3ccncc3)cc2)c1. The molecule has 1 N–H and O–H groups in total. The van der Waals surface area contributed by atoms with Crippen LogP contribution in [0.4, 0.5) is 0 Å². The minimum Gasteiger partial charge on any atom is -0.507 e. The number of hydrogen-bond acceptors (Lipinski definition) is 7. The molecule has 2 aliphatic rings. The van der Waals surface area contributed by atoms with E-state index in [0.29, 0.717) is 44.1 Å². The topological polar surface area (TPSA) is 92.2 Å². The summed E-state index contributed by atoms with van der Waals surface area (Å²) >= 11 is 0. The maximum Gasteiger partial charge on any atom is 0.295 e. The van der Waals surface area contributed by atoms with E-state index in [1.807, 2.05) is 25.1 Å². The second kappa shape index (κ2) is 12.2. The number of ketones is 1. The molecule has 202 valence electrons. The third-order valence-corrected chi connectivity index (χ3v) is 7.15. The van der Waals surface area contributed by atoms with Gasteiger partial charge in [-0.3, -0.25) is 19.5 Å². The number of ether oxygens (including phenoxy) is 2. The zero-order valence-corrected chi connectivity index (χ0v) is 22.1. The fourth-order valence-corrected chi connectivity index (χ4v) is 5.13. The molecule has 8 nitrogen and oxygen atoms in total. The van der Waals surface area contributed by atoms with Gasteiger partial charge in [0.05, 0.1) is 24.8 Å². The minimum absolute atomic E-state index is 0.0889. The average Bonchev–Trinajstić information content (AvgIpc) is 3.22. The van der Waals surface area contributed by atoms with Crippen molar-refractivity contribution in [2.45, 2.75) is 26.0 Å².